The highest BCUT2D eigenvalue weighted by atomic mass is 19.1. The van der Waals surface area contributed by atoms with Gasteiger partial charge in [0.15, 0.2) is 11.6 Å². The third kappa shape index (κ3) is 3.18. The fraction of sp³-hybridized carbons (Fsp3) is 0.500. The smallest absolute Gasteiger partial charge is 0.165 e. The van der Waals surface area contributed by atoms with Crippen molar-refractivity contribution in [1.29, 1.82) is 0 Å². The molecule has 3 unspecified atom stereocenters. The quantitative estimate of drug-likeness (QED) is 0.829. The Morgan fingerprint density at radius 2 is 1.81 bits per heavy atom. The first-order valence-electron chi connectivity index (χ1n) is 5.24. The van der Waals surface area contributed by atoms with Gasteiger partial charge in [0.25, 0.3) is 0 Å². The number of halogens is 1. The minimum Gasteiger partial charge on any atom is -0.485 e. The second-order valence-electron chi connectivity index (χ2n) is 3.93. The first-order valence-corrected chi connectivity index (χ1v) is 5.24. The predicted octanol–water partition coefficient (Wildman–Crippen LogP) is 2.03. The Morgan fingerprint density at radius 1 is 1.19 bits per heavy atom. The Balaban J connectivity index is 2.83. The highest BCUT2D eigenvalue weighted by Crippen LogP contribution is 2.23. The van der Waals surface area contributed by atoms with Crippen LogP contribution in [0.5, 0.6) is 5.75 Å². The van der Waals surface area contributed by atoms with E-state index in [0.29, 0.717) is 5.56 Å². The van der Waals surface area contributed by atoms with Crippen LogP contribution in [0.2, 0.25) is 0 Å². The average Bonchev–Trinajstić information content (AvgIpc) is 2.20. The molecule has 2 N–H and O–H groups in total. The Hall–Kier alpha value is -1.13. The number of aliphatic hydroxyl groups excluding tert-OH is 2. The van der Waals surface area contributed by atoms with Gasteiger partial charge in [0.2, 0.25) is 0 Å². The fourth-order valence-electron chi connectivity index (χ4n) is 1.17. The Labute approximate surface area is 94.5 Å². The molecule has 0 spiro atoms. The van der Waals surface area contributed by atoms with Crippen molar-refractivity contribution in [2.24, 2.45) is 0 Å². The summed E-state index contributed by atoms with van der Waals surface area (Å²) in [4.78, 5) is 0. The van der Waals surface area contributed by atoms with E-state index in [9.17, 15) is 14.6 Å². The van der Waals surface area contributed by atoms with E-state index in [2.05, 4.69) is 0 Å². The van der Waals surface area contributed by atoms with E-state index in [-0.39, 0.29) is 5.75 Å². The van der Waals surface area contributed by atoms with Gasteiger partial charge >= 0.3 is 0 Å². The van der Waals surface area contributed by atoms with Crippen molar-refractivity contribution < 1.29 is 19.3 Å². The van der Waals surface area contributed by atoms with Gasteiger partial charge in [0, 0.05) is 0 Å². The van der Waals surface area contributed by atoms with Gasteiger partial charge in [-0.25, -0.2) is 4.39 Å². The molecule has 0 aliphatic carbocycles. The maximum Gasteiger partial charge on any atom is 0.165 e. The van der Waals surface area contributed by atoms with Crippen LogP contribution in [0.1, 0.15) is 32.4 Å². The van der Waals surface area contributed by atoms with E-state index < -0.39 is 24.1 Å². The van der Waals surface area contributed by atoms with Gasteiger partial charge in [-0.2, -0.15) is 0 Å². The summed E-state index contributed by atoms with van der Waals surface area (Å²) < 4.78 is 18.8. The van der Waals surface area contributed by atoms with Crippen molar-refractivity contribution in [2.75, 3.05) is 0 Å². The molecule has 0 radical (unpaired) electrons. The van der Waals surface area contributed by atoms with E-state index in [0.717, 1.165) is 0 Å². The summed E-state index contributed by atoms with van der Waals surface area (Å²) in [5, 5.41) is 18.5. The Morgan fingerprint density at radius 3 is 2.25 bits per heavy atom. The number of benzene rings is 1. The minimum atomic E-state index is -0.710. The number of ether oxygens (including phenoxy) is 1. The summed E-state index contributed by atoms with van der Waals surface area (Å²) in [6.45, 7) is 4.80. The molecule has 16 heavy (non-hydrogen) atoms. The summed E-state index contributed by atoms with van der Waals surface area (Å²) in [7, 11) is 0. The second-order valence-corrected chi connectivity index (χ2v) is 3.93. The van der Waals surface area contributed by atoms with Crippen LogP contribution in [0.25, 0.3) is 0 Å². The molecule has 0 aliphatic heterocycles. The molecule has 4 heteroatoms. The standard InChI is InChI=1S/C12H17FO3/c1-7(14)9(3)16-12-5-4-10(8(2)15)6-11(12)13/h4-9,14-15H,1-3H3. The number of hydrogen-bond acceptors (Lipinski definition) is 3. The summed E-state index contributed by atoms with van der Waals surface area (Å²) in [5.74, 6) is -0.455. The topological polar surface area (TPSA) is 49.7 Å². The molecular formula is C12H17FO3. The van der Waals surface area contributed by atoms with Gasteiger partial charge < -0.3 is 14.9 Å². The molecule has 1 aromatic rings. The number of hydrogen-bond donors (Lipinski definition) is 2. The van der Waals surface area contributed by atoms with Gasteiger partial charge in [-0.3, -0.25) is 0 Å². The molecule has 1 rings (SSSR count). The van der Waals surface area contributed by atoms with Crippen LogP contribution in [-0.2, 0) is 0 Å². The van der Waals surface area contributed by atoms with E-state index in [1.807, 2.05) is 0 Å². The second kappa shape index (κ2) is 5.27. The van der Waals surface area contributed by atoms with Crippen LogP contribution in [-0.4, -0.2) is 22.4 Å². The first kappa shape index (κ1) is 12.9. The van der Waals surface area contributed by atoms with Crippen LogP contribution in [0.15, 0.2) is 18.2 Å². The van der Waals surface area contributed by atoms with E-state index in [1.54, 1.807) is 26.8 Å². The number of rotatable bonds is 4. The van der Waals surface area contributed by atoms with Crippen LogP contribution in [0.4, 0.5) is 4.39 Å². The lowest BCUT2D eigenvalue weighted by atomic mass is 10.1. The zero-order valence-electron chi connectivity index (χ0n) is 9.64. The third-order valence-corrected chi connectivity index (χ3v) is 2.43. The summed E-state index contributed by atoms with van der Waals surface area (Å²) in [6.07, 6.45) is -1.86. The zero-order chi connectivity index (χ0) is 12.3. The lowest BCUT2D eigenvalue weighted by Gasteiger charge is -2.18. The normalized spacial score (nSPS) is 16.6. The van der Waals surface area contributed by atoms with Crippen LogP contribution >= 0.6 is 0 Å². The van der Waals surface area contributed by atoms with Gasteiger partial charge in [0.1, 0.15) is 6.10 Å². The molecular weight excluding hydrogens is 211 g/mol. The molecule has 0 heterocycles. The highest BCUT2D eigenvalue weighted by Gasteiger charge is 2.14. The highest BCUT2D eigenvalue weighted by molar-refractivity contribution is 5.30. The molecule has 90 valence electrons. The molecule has 3 atom stereocenters. The van der Waals surface area contributed by atoms with E-state index in [1.165, 1.54) is 12.1 Å². The summed E-state index contributed by atoms with van der Waals surface area (Å²) in [5.41, 5.74) is 0.495. The van der Waals surface area contributed by atoms with Gasteiger partial charge in [-0.05, 0) is 38.5 Å². The van der Waals surface area contributed by atoms with E-state index in [4.69, 9.17) is 4.74 Å². The molecule has 0 amide bonds. The van der Waals surface area contributed by atoms with Crippen LogP contribution in [0, 0.1) is 5.82 Å². The maximum atomic E-state index is 13.5. The summed E-state index contributed by atoms with van der Waals surface area (Å²) >= 11 is 0. The molecule has 0 fully saturated rings. The van der Waals surface area contributed by atoms with Crippen molar-refractivity contribution in [1.82, 2.24) is 0 Å². The van der Waals surface area contributed by atoms with Crippen molar-refractivity contribution in [2.45, 2.75) is 39.1 Å². The van der Waals surface area contributed by atoms with Gasteiger partial charge in [-0.15, -0.1) is 0 Å². The molecule has 0 aromatic heterocycles. The van der Waals surface area contributed by atoms with Crippen molar-refractivity contribution in [3.05, 3.63) is 29.6 Å². The fourth-order valence-corrected chi connectivity index (χ4v) is 1.17. The lowest BCUT2D eigenvalue weighted by Crippen LogP contribution is -2.25. The SMILES string of the molecule is CC(O)c1ccc(OC(C)C(C)O)c(F)c1. The summed E-state index contributed by atoms with van der Waals surface area (Å²) in [6, 6.07) is 4.28. The van der Waals surface area contributed by atoms with Crippen molar-refractivity contribution in [3.8, 4) is 5.75 Å². The molecule has 1 aromatic carbocycles. The first-order chi connectivity index (χ1) is 7.41. The third-order valence-electron chi connectivity index (χ3n) is 2.43. The van der Waals surface area contributed by atoms with E-state index >= 15 is 0 Å². The van der Waals surface area contributed by atoms with Crippen LogP contribution in [0.3, 0.4) is 0 Å². The molecule has 0 bridgehead atoms. The van der Waals surface area contributed by atoms with Crippen molar-refractivity contribution in [3.63, 3.8) is 0 Å². The van der Waals surface area contributed by atoms with Gasteiger partial charge in [-0.1, -0.05) is 6.07 Å². The molecule has 0 aliphatic rings. The maximum absolute atomic E-state index is 13.5. The lowest BCUT2D eigenvalue weighted by molar-refractivity contribution is 0.0578. The molecule has 0 saturated carbocycles. The van der Waals surface area contributed by atoms with Gasteiger partial charge in [0.05, 0.1) is 12.2 Å². The molecule has 3 nitrogen and oxygen atoms in total. The van der Waals surface area contributed by atoms with Crippen molar-refractivity contribution >= 4 is 0 Å². The van der Waals surface area contributed by atoms with Crippen LogP contribution < -0.4 is 4.74 Å². The number of aliphatic hydroxyl groups is 2. The Kier molecular flexibility index (Phi) is 4.26. The largest absolute Gasteiger partial charge is 0.485 e. The Bertz CT molecular complexity index is 350. The zero-order valence-corrected chi connectivity index (χ0v) is 9.64. The molecule has 0 saturated heterocycles. The monoisotopic (exact) mass is 228 g/mol. The average molecular weight is 228 g/mol. The predicted molar refractivity (Wildman–Crippen MR) is 58.8 cm³/mol. The minimum absolute atomic E-state index is 0.0813.